The summed E-state index contributed by atoms with van der Waals surface area (Å²) in [7, 11) is 1.54. The number of carbonyl (C=O) groups is 4. The van der Waals surface area contributed by atoms with Gasteiger partial charge in [0.15, 0.2) is 0 Å². The van der Waals surface area contributed by atoms with Crippen LogP contribution in [0.15, 0.2) is 78.4 Å². The van der Waals surface area contributed by atoms with Crippen LogP contribution in [-0.4, -0.2) is 42.3 Å². The van der Waals surface area contributed by atoms with Crippen LogP contribution in [0.1, 0.15) is 23.6 Å². The highest BCUT2D eigenvalue weighted by Gasteiger charge is 2.35. The van der Waals surface area contributed by atoms with Gasteiger partial charge in [0, 0.05) is 24.7 Å². The van der Waals surface area contributed by atoms with Crippen molar-refractivity contribution < 1.29 is 28.7 Å². The van der Waals surface area contributed by atoms with Gasteiger partial charge in [-0.25, -0.2) is 4.79 Å². The molecule has 4 rings (SSSR count). The molecule has 0 atom stereocenters. The Morgan fingerprint density at radius 1 is 1.00 bits per heavy atom. The average Bonchev–Trinajstić information content (AvgIpc) is 2.91. The molecule has 3 aromatic carbocycles. The monoisotopic (exact) mass is 513 g/mol. The summed E-state index contributed by atoms with van der Waals surface area (Å²) in [4.78, 5) is 50.2. The lowest BCUT2D eigenvalue weighted by Gasteiger charge is -2.26. The molecule has 0 spiro atoms. The van der Waals surface area contributed by atoms with Gasteiger partial charge >= 0.3 is 6.03 Å². The molecule has 1 aliphatic heterocycles. The smallest absolute Gasteiger partial charge is 0.331 e. The maximum absolute atomic E-state index is 13.1. The van der Waals surface area contributed by atoms with Gasteiger partial charge < -0.3 is 14.8 Å². The molecule has 0 radical (unpaired) electrons. The fourth-order valence-electron chi connectivity index (χ4n) is 3.95. The second-order valence-corrected chi connectivity index (χ2v) is 8.58. The molecule has 0 unspecified atom stereocenters. The molecule has 1 heterocycles. The maximum atomic E-state index is 13.1. The van der Waals surface area contributed by atoms with Gasteiger partial charge in [-0.05, 0) is 60.0 Å². The Hall–Kier alpha value is -4.92. The van der Waals surface area contributed by atoms with Gasteiger partial charge in [-0.15, -0.1) is 0 Å². The molecule has 0 aliphatic carbocycles. The van der Waals surface area contributed by atoms with E-state index in [-0.39, 0.29) is 24.6 Å². The second-order valence-electron chi connectivity index (χ2n) is 8.58. The van der Waals surface area contributed by atoms with Gasteiger partial charge in [0.25, 0.3) is 11.8 Å². The normalized spacial score (nSPS) is 14.3. The van der Waals surface area contributed by atoms with Gasteiger partial charge in [0.1, 0.15) is 23.7 Å². The SMILES string of the molecule is COc1ccc(C=C2C(=O)NC(=O)N(CCc3ccccc3)C2=O)cc1COc1ccc(NC(C)=O)cc1. The Labute approximate surface area is 220 Å². The minimum absolute atomic E-state index is 0.136. The van der Waals surface area contributed by atoms with Gasteiger partial charge in [0.05, 0.1) is 7.11 Å². The van der Waals surface area contributed by atoms with E-state index in [4.69, 9.17) is 9.47 Å². The molecule has 38 heavy (non-hydrogen) atoms. The van der Waals surface area contributed by atoms with Crippen LogP contribution in [-0.2, 0) is 27.4 Å². The molecule has 2 N–H and O–H groups in total. The van der Waals surface area contributed by atoms with E-state index in [0.29, 0.717) is 34.7 Å². The van der Waals surface area contributed by atoms with Crippen LogP contribution in [0, 0.1) is 0 Å². The maximum Gasteiger partial charge on any atom is 0.331 e. The number of carbonyl (C=O) groups excluding carboxylic acids is 4. The number of nitrogens with one attached hydrogen (secondary N) is 2. The molecular formula is C29H27N3O6. The van der Waals surface area contributed by atoms with Crippen molar-refractivity contribution in [3.05, 3.63) is 95.1 Å². The lowest BCUT2D eigenvalue weighted by atomic mass is 10.0. The first-order valence-electron chi connectivity index (χ1n) is 11.9. The zero-order valence-corrected chi connectivity index (χ0v) is 21.0. The van der Waals surface area contributed by atoms with Crippen molar-refractivity contribution in [3.63, 3.8) is 0 Å². The quantitative estimate of drug-likeness (QED) is 0.331. The van der Waals surface area contributed by atoms with Crippen molar-refractivity contribution in [2.24, 2.45) is 0 Å². The highest BCUT2D eigenvalue weighted by atomic mass is 16.5. The number of amides is 5. The molecule has 9 nitrogen and oxygen atoms in total. The summed E-state index contributed by atoms with van der Waals surface area (Å²) in [5.74, 6) is -0.407. The number of hydrogen-bond donors (Lipinski definition) is 2. The molecule has 9 heteroatoms. The summed E-state index contributed by atoms with van der Waals surface area (Å²) >= 11 is 0. The highest BCUT2D eigenvalue weighted by Crippen LogP contribution is 2.25. The number of anilines is 1. The van der Waals surface area contributed by atoms with Crippen molar-refractivity contribution in [1.29, 1.82) is 0 Å². The van der Waals surface area contributed by atoms with E-state index in [1.54, 1.807) is 42.5 Å². The molecule has 0 saturated carbocycles. The number of nitrogens with zero attached hydrogens (tertiary/aromatic N) is 1. The summed E-state index contributed by atoms with van der Waals surface area (Å²) in [6.45, 7) is 1.73. The number of urea groups is 1. The summed E-state index contributed by atoms with van der Waals surface area (Å²) in [6.07, 6.45) is 1.92. The minimum atomic E-state index is -0.746. The van der Waals surface area contributed by atoms with Crippen molar-refractivity contribution in [2.75, 3.05) is 19.0 Å². The fourth-order valence-corrected chi connectivity index (χ4v) is 3.95. The zero-order chi connectivity index (χ0) is 27.1. The van der Waals surface area contributed by atoms with Crippen molar-refractivity contribution in [3.8, 4) is 11.5 Å². The van der Waals surface area contributed by atoms with Gasteiger partial charge in [-0.3, -0.25) is 24.6 Å². The topological polar surface area (TPSA) is 114 Å². The van der Waals surface area contributed by atoms with E-state index >= 15 is 0 Å². The number of ether oxygens (including phenoxy) is 2. The van der Waals surface area contributed by atoms with Crippen LogP contribution >= 0.6 is 0 Å². The Bertz CT molecular complexity index is 1380. The van der Waals surface area contributed by atoms with Gasteiger partial charge in [-0.2, -0.15) is 0 Å². The van der Waals surface area contributed by atoms with Gasteiger partial charge in [-0.1, -0.05) is 36.4 Å². The third-order valence-corrected chi connectivity index (χ3v) is 5.84. The first-order valence-corrected chi connectivity index (χ1v) is 11.9. The number of imide groups is 2. The third kappa shape index (κ3) is 6.44. The second kappa shape index (κ2) is 11.9. The van der Waals surface area contributed by atoms with E-state index in [0.717, 1.165) is 10.5 Å². The Kier molecular flexibility index (Phi) is 8.17. The molecule has 194 valence electrons. The number of barbiturate groups is 1. The lowest BCUT2D eigenvalue weighted by Crippen LogP contribution is -2.54. The average molecular weight is 514 g/mol. The van der Waals surface area contributed by atoms with Crippen molar-refractivity contribution >= 4 is 35.5 Å². The summed E-state index contributed by atoms with van der Waals surface area (Å²) in [5.41, 5.74) is 2.75. The number of methoxy groups -OCH3 is 1. The molecule has 0 aromatic heterocycles. The molecule has 0 bridgehead atoms. The molecule has 1 fully saturated rings. The minimum Gasteiger partial charge on any atom is -0.496 e. The lowest BCUT2D eigenvalue weighted by molar-refractivity contribution is -0.130. The van der Waals surface area contributed by atoms with Crippen LogP contribution in [0.4, 0.5) is 10.5 Å². The van der Waals surface area contributed by atoms with Crippen molar-refractivity contribution in [2.45, 2.75) is 20.0 Å². The van der Waals surface area contributed by atoms with E-state index in [1.165, 1.54) is 20.1 Å². The fraction of sp³-hybridized carbons (Fsp3) is 0.172. The van der Waals surface area contributed by atoms with Crippen LogP contribution in [0.3, 0.4) is 0 Å². The molecule has 3 aromatic rings. The highest BCUT2D eigenvalue weighted by molar-refractivity contribution is 6.31. The van der Waals surface area contributed by atoms with Crippen LogP contribution in [0.5, 0.6) is 11.5 Å². The zero-order valence-electron chi connectivity index (χ0n) is 21.0. The molecular weight excluding hydrogens is 486 g/mol. The first kappa shape index (κ1) is 26.2. The predicted octanol–water partition coefficient (Wildman–Crippen LogP) is 3.94. The summed E-state index contributed by atoms with van der Waals surface area (Å²) in [6, 6.07) is 20.8. The van der Waals surface area contributed by atoms with Gasteiger partial charge in [0.2, 0.25) is 5.91 Å². The standard InChI is InChI=1S/C29H27N3O6/c1-19(33)30-23-9-11-24(12-10-23)38-18-22-16-21(8-13-26(22)37-2)17-25-27(34)31-29(36)32(28(25)35)15-14-20-6-4-3-5-7-20/h3-13,16-17H,14-15,18H2,1-2H3,(H,30,33)(H,31,34,36). The Morgan fingerprint density at radius 3 is 2.42 bits per heavy atom. The van der Waals surface area contributed by atoms with Crippen LogP contribution < -0.4 is 20.1 Å². The number of rotatable bonds is 9. The van der Waals surface area contributed by atoms with E-state index < -0.39 is 17.8 Å². The summed E-state index contributed by atoms with van der Waals surface area (Å²) < 4.78 is 11.3. The third-order valence-electron chi connectivity index (χ3n) is 5.84. The van der Waals surface area contributed by atoms with E-state index in [9.17, 15) is 19.2 Å². The molecule has 1 aliphatic rings. The molecule has 5 amide bonds. The van der Waals surface area contributed by atoms with Crippen molar-refractivity contribution in [1.82, 2.24) is 10.2 Å². The van der Waals surface area contributed by atoms with Crippen LogP contribution in [0.25, 0.3) is 6.08 Å². The Balaban J connectivity index is 1.50. The largest absolute Gasteiger partial charge is 0.496 e. The van der Waals surface area contributed by atoms with Crippen LogP contribution in [0.2, 0.25) is 0 Å². The molecule has 1 saturated heterocycles. The summed E-state index contributed by atoms with van der Waals surface area (Å²) in [5, 5.41) is 4.94. The Morgan fingerprint density at radius 2 is 1.74 bits per heavy atom. The predicted molar refractivity (Wildman–Crippen MR) is 141 cm³/mol. The van der Waals surface area contributed by atoms with E-state index in [2.05, 4.69) is 10.6 Å². The van der Waals surface area contributed by atoms with E-state index in [1.807, 2.05) is 30.3 Å². The number of hydrogen-bond acceptors (Lipinski definition) is 6. The first-order chi connectivity index (χ1) is 18.3. The number of benzene rings is 3.